The fraction of sp³-hybridized carbons (Fsp3) is 0.478. The summed E-state index contributed by atoms with van der Waals surface area (Å²) < 4.78 is 12.2. The summed E-state index contributed by atoms with van der Waals surface area (Å²) in [5.41, 5.74) is 2.19. The van der Waals surface area contributed by atoms with Crippen LogP contribution in [0.4, 0.5) is 10.5 Å². The molecule has 9 heteroatoms. The zero-order valence-corrected chi connectivity index (χ0v) is 18.8. The number of fused-ring (bicyclic) bond motifs is 1. The van der Waals surface area contributed by atoms with Gasteiger partial charge >= 0.3 is 12.1 Å². The first-order chi connectivity index (χ1) is 15.2. The molecule has 0 aliphatic carbocycles. The third-order valence-electron chi connectivity index (χ3n) is 5.72. The maximum Gasteiger partial charge on any atom is 0.410 e. The molecule has 32 heavy (non-hydrogen) atoms. The number of anilines is 1. The van der Waals surface area contributed by atoms with Crippen LogP contribution in [0.1, 0.15) is 54.7 Å². The molecule has 2 aliphatic rings. The Morgan fingerprint density at radius 3 is 2.62 bits per heavy atom. The number of nitrogens with zero attached hydrogens (tertiary/aromatic N) is 4. The fourth-order valence-electron chi connectivity index (χ4n) is 4.24. The number of benzene rings is 1. The molecule has 0 unspecified atom stereocenters. The van der Waals surface area contributed by atoms with Crippen molar-refractivity contribution < 1.29 is 23.9 Å². The van der Waals surface area contributed by atoms with Gasteiger partial charge in [-0.25, -0.2) is 9.59 Å². The molecular formula is C23H28N4O5. The van der Waals surface area contributed by atoms with Crippen LogP contribution in [-0.2, 0) is 27.4 Å². The van der Waals surface area contributed by atoms with Gasteiger partial charge in [-0.05, 0) is 32.4 Å². The number of aromatic nitrogens is 2. The predicted octanol–water partition coefficient (Wildman–Crippen LogP) is 2.94. The summed E-state index contributed by atoms with van der Waals surface area (Å²) in [4.78, 5) is 41.1. The number of rotatable bonds is 3. The van der Waals surface area contributed by atoms with Crippen LogP contribution < -0.4 is 4.90 Å². The highest BCUT2D eigenvalue weighted by Crippen LogP contribution is 2.36. The monoisotopic (exact) mass is 440 g/mol. The van der Waals surface area contributed by atoms with E-state index in [0.29, 0.717) is 37.4 Å². The summed E-state index contributed by atoms with van der Waals surface area (Å²) >= 11 is 0. The van der Waals surface area contributed by atoms with Gasteiger partial charge in [0.25, 0.3) is 0 Å². The van der Waals surface area contributed by atoms with Gasteiger partial charge in [0.2, 0.25) is 5.91 Å². The molecule has 4 rings (SSSR count). The van der Waals surface area contributed by atoms with Crippen molar-refractivity contribution in [2.24, 2.45) is 0 Å². The molecule has 0 radical (unpaired) electrons. The van der Waals surface area contributed by atoms with Gasteiger partial charge in [-0.3, -0.25) is 9.48 Å². The van der Waals surface area contributed by atoms with E-state index in [9.17, 15) is 14.4 Å². The number of hydrogen-bond acceptors (Lipinski definition) is 6. The smallest absolute Gasteiger partial charge is 0.410 e. The van der Waals surface area contributed by atoms with Crippen molar-refractivity contribution in [3.63, 3.8) is 0 Å². The molecule has 1 saturated heterocycles. The standard InChI is InChI=1S/C23H28N4O5/c1-23(2,3)32-22(30)25-9-10-27-19(14-25)18(12-24-27)26-13-15(11-20(26)28)16-7-5-6-8-17(16)21(29)31-4/h5-8,12,15H,9-11,13-14H2,1-4H3/t15-/m1/s1. The van der Waals surface area contributed by atoms with Crippen LogP contribution in [0.3, 0.4) is 0 Å². The Balaban J connectivity index is 1.56. The maximum atomic E-state index is 13.0. The lowest BCUT2D eigenvalue weighted by atomic mass is 9.93. The third kappa shape index (κ3) is 4.19. The third-order valence-corrected chi connectivity index (χ3v) is 5.72. The molecule has 1 atom stereocenters. The van der Waals surface area contributed by atoms with Crippen molar-refractivity contribution in [3.8, 4) is 0 Å². The first kappa shape index (κ1) is 21.9. The summed E-state index contributed by atoms with van der Waals surface area (Å²) in [7, 11) is 1.35. The van der Waals surface area contributed by atoms with Crippen molar-refractivity contribution in [1.82, 2.24) is 14.7 Å². The molecule has 0 N–H and O–H groups in total. The highest BCUT2D eigenvalue weighted by atomic mass is 16.6. The molecular weight excluding hydrogens is 412 g/mol. The molecule has 2 aliphatic heterocycles. The van der Waals surface area contributed by atoms with Crippen molar-refractivity contribution in [3.05, 3.63) is 47.3 Å². The lowest BCUT2D eigenvalue weighted by Crippen LogP contribution is -2.42. The first-order valence-corrected chi connectivity index (χ1v) is 10.7. The first-order valence-electron chi connectivity index (χ1n) is 10.7. The van der Waals surface area contributed by atoms with Crippen LogP contribution in [0.25, 0.3) is 0 Å². The van der Waals surface area contributed by atoms with Gasteiger partial charge in [-0.15, -0.1) is 0 Å². The summed E-state index contributed by atoms with van der Waals surface area (Å²) in [6, 6.07) is 7.22. The van der Waals surface area contributed by atoms with E-state index < -0.39 is 11.6 Å². The number of amides is 2. The Labute approximate surface area is 186 Å². The molecule has 3 heterocycles. The van der Waals surface area contributed by atoms with E-state index in [-0.39, 0.29) is 24.3 Å². The van der Waals surface area contributed by atoms with E-state index in [2.05, 4.69) is 5.10 Å². The Bertz CT molecular complexity index is 1050. The number of methoxy groups -OCH3 is 1. The predicted molar refractivity (Wildman–Crippen MR) is 116 cm³/mol. The van der Waals surface area contributed by atoms with Crippen molar-refractivity contribution in [2.75, 3.05) is 25.1 Å². The Hall–Kier alpha value is -3.36. The van der Waals surface area contributed by atoms with Gasteiger partial charge in [0.05, 0.1) is 43.3 Å². The minimum absolute atomic E-state index is 0.0418. The van der Waals surface area contributed by atoms with Crippen LogP contribution in [-0.4, -0.2) is 58.5 Å². The number of ether oxygens (including phenoxy) is 2. The van der Waals surface area contributed by atoms with Gasteiger partial charge in [-0.2, -0.15) is 5.10 Å². The van der Waals surface area contributed by atoms with Crippen LogP contribution in [0.15, 0.2) is 30.5 Å². The topological polar surface area (TPSA) is 94.0 Å². The Morgan fingerprint density at radius 1 is 1.16 bits per heavy atom. The number of carbonyl (C=O) groups excluding carboxylic acids is 3. The molecule has 9 nitrogen and oxygen atoms in total. The normalized spacial score (nSPS) is 18.5. The van der Waals surface area contributed by atoms with E-state index in [1.807, 2.05) is 37.6 Å². The molecule has 2 amide bonds. The molecule has 1 aromatic carbocycles. The Kier molecular flexibility index (Phi) is 5.66. The highest BCUT2D eigenvalue weighted by molar-refractivity contribution is 5.98. The maximum absolute atomic E-state index is 13.0. The van der Waals surface area contributed by atoms with Gasteiger partial charge in [0.1, 0.15) is 5.60 Å². The van der Waals surface area contributed by atoms with E-state index in [0.717, 1.165) is 11.3 Å². The lowest BCUT2D eigenvalue weighted by molar-refractivity contribution is -0.117. The second-order valence-corrected chi connectivity index (χ2v) is 9.09. The Morgan fingerprint density at radius 2 is 1.91 bits per heavy atom. The van der Waals surface area contributed by atoms with Crippen LogP contribution in [0, 0.1) is 0 Å². The number of esters is 1. The van der Waals surface area contributed by atoms with Gasteiger partial charge in [0, 0.05) is 25.4 Å². The number of hydrogen-bond donors (Lipinski definition) is 0. The summed E-state index contributed by atoms with van der Waals surface area (Å²) in [6.45, 7) is 7.27. The average Bonchev–Trinajstić information content (AvgIpc) is 3.34. The summed E-state index contributed by atoms with van der Waals surface area (Å²) in [5.74, 6) is -0.596. The van der Waals surface area contributed by atoms with E-state index in [1.54, 1.807) is 28.1 Å². The van der Waals surface area contributed by atoms with Gasteiger partial charge < -0.3 is 19.3 Å². The van der Waals surface area contributed by atoms with Crippen LogP contribution in [0.2, 0.25) is 0 Å². The number of carbonyl (C=O) groups is 3. The van der Waals surface area contributed by atoms with Crippen LogP contribution in [0.5, 0.6) is 0 Å². The van der Waals surface area contributed by atoms with Crippen molar-refractivity contribution >= 4 is 23.7 Å². The van der Waals surface area contributed by atoms with Gasteiger partial charge in [-0.1, -0.05) is 18.2 Å². The summed E-state index contributed by atoms with van der Waals surface area (Å²) in [5, 5.41) is 4.43. The van der Waals surface area contributed by atoms with E-state index in [4.69, 9.17) is 9.47 Å². The quantitative estimate of drug-likeness (QED) is 0.681. The summed E-state index contributed by atoms with van der Waals surface area (Å²) in [6.07, 6.45) is 1.59. The lowest BCUT2D eigenvalue weighted by Gasteiger charge is -2.31. The molecule has 0 spiro atoms. The zero-order chi connectivity index (χ0) is 23.0. The molecule has 0 saturated carbocycles. The molecule has 2 aromatic rings. The highest BCUT2D eigenvalue weighted by Gasteiger charge is 2.37. The second kappa shape index (κ2) is 8.29. The van der Waals surface area contributed by atoms with Crippen LogP contribution >= 0.6 is 0 Å². The van der Waals surface area contributed by atoms with Gasteiger partial charge in [0.15, 0.2) is 0 Å². The fourth-order valence-corrected chi connectivity index (χ4v) is 4.24. The van der Waals surface area contributed by atoms with E-state index >= 15 is 0 Å². The van der Waals surface area contributed by atoms with E-state index in [1.165, 1.54) is 7.11 Å². The average molecular weight is 441 g/mol. The van der Waals surface area contributed by atoms with Crippen molar-refractivity contribution in [2.45, 2.75) is 51.8 Å². The SMILES string of the molecule is COC(=O)c1ccccc1[C@@H]1CC(=O)N(c2cnn3c2CN(C(=O)OC(C)(C)C)CC3)C1. The molecule has 1 aromatic heterocycles. The molecule has 0 bridgehead atoms. The van der Waals surface area contributed by atoms with Crippen molar-refractivity contribution in [1.29, 1.82) is 0 Å². The zero-order valence-electron chi connectivity index (χ0n) is 18.8. The molecule has 170 valence electrons. The second-order valence-electron chi connectivity index (χ2n) is 9.09. The minimum Gasteiger partial charge on any atom is -0.465 e. The minimum atomic E-state index is -0.581. The largest absolute Gasteiger partial charge is 0.465 e. The molecule has 1 fully saturated rings.